The molecule has 0 unspecified atom stereocenters. The van der Waals surface area contributed by atoms with Crippen molar-refractivity contribution >= 4 is 45.1 Å². The van der Waals surface area contributed by atoms with Crippen molar-refractivity contribution in [3.8, 4) is 0 Å². The van der Waals surface area contributed by atoms with Crippen LogP contribution in [-0.4, -0.2) is 55.7 Å². The van der Waals surface area contributed by atoms with Crippen molar-refractivity contribution in [1.82, 2.24) is 9.88 Å². The Morgan fingerprint density at radius 3 is 2.71 bits per heavy atom. The number of ether oxygens (including phenoxy) is 1. The number of carbonyl (C=O) groups excluding carboxylic acids is 1. The summed E-state index contributed by atoms with van der Waals surface area (Å²) < 4.78 is 10.0. The molecule has 0 bridgehead atoms. The third-order valence-corrected chi connectivity index (χ3v) is 7.06. The number of hydrogen-bond acceptors (Lipinski definition) is 6. The van der Waals surface area contributed by atoms with E-state index in [1.54, 1.807) is 12.1 Å². The van der Waals surface area contributed by atoms with Gasteiger partial charge in [0.1, 0.15) is 5.58 Å². The molecule has 4 aromatic rings. The second-order valence-electron chi connectivity index (χ2n) is 8.95. The summed E-state index contributed by atoms with van der Waals surface area (Å²) in [5.74, 6) is -0.320. The molecule has 182 valence electrons. The Bertz CT molecular complexity index is 1420. The van der Waals surface area contributed by atoms with Crippen molar-refractivity contribution in [2.75, 3.05) is 44.7 Å². The van der Waals surface area contributed by atoms with Gasteiger partial charge in [-0.3, -0.25) is 4.90 Å². The van der Waals surface area contributed by atoms with Gasteiger partial charge in [-0.1, -0.05) is 17.7 Å². The number of benzene rings is 2. The Balaban J connectivity index is 1.11. The number of unbranched alkanes of at least 4 members (excludes halogenated alkanes) is 1. The van der Waals surface area contributed by atoms with E-state index in [4.69, 9.17) is 20.8 Å². The zero-order valence-electron chi connectivity index (χ0n) is 19.7. The lowest BCUT2D eigenvalue weighted by molar-refractivity contribution is 0.0601. The summed E-state index contributed by atoms with van der Waals surface area (Å²) in [6.07, 6.45) is 5.28. The van der Waals surface area contributed by atoms with Gasteiger partial charge in [0, 0.05) is 60.8 Å². The lowest BCUT2D eigenvalue weighted by Crippen LogP contribution is -2.46. The maximum atomic E-state index is 11.7. The number of piperazine rings is 1. The van der Waals surface area contributed by atoms with Crippen LogP contribution in [0.1, 0.15) is 28.8 Å². The second kappa shape index (κ2) is 10.1. The average Bonchev–Trinajstić information content (AvgIpc) is 3.28. The molecule has 0 spiro atoms. The number of aromatic nitrogens is 1. The zero-order chi connectivity index (χ0) is 24.4. The van der Waals surface area contributed by atoms with Gasteiger partial charge in [0.15, 0.2) is 0 Å². The van der Waals surface area contributed by atoms with Gasteiger partial charge in [-0.2, -0.15) is 0 Å². The number of rotatable bonds is 7. The van der Waals surface area contributed by atoms with Crippen molar-refractivity contribution in [2.45, 2.75) is 19.3 Å². The highest BCUT2D eigenvalue weighted by Crippen LogP contribution is 2.31. The van der Waals surface area contributed by atoms with E-state index >= 15 is 0 Å². The summed E-state index contributed by atoms with van der Waals surface area (Å²) in [6.45, 7) is 4.86. The molecule has 0 radical (unpaired) electrons. The summed E-state index contributed by atoms with van der Waals surface area (Å²) in [4.78, 5) is 31.3. The van der Waals surface area contributed by atoms with Gasteiger partial charge in [0.25, 0.3) is 0 Å². The molecule has 7 nitrogen and oxygen atoms in total. The first-order valence-electron chi connectivity index (χ1n) is 11.9. The molecule has 1 aliphatic rings. The van der Waals surface area contributed by atoms with Gasteiger partial charge >= 0.3 is 11.6 Å². The zero-order valence-corrected chi connectivity index (χ0v) is 20.4. The Morgan fingerprint density at radius 1 is 1.09 bits per heavy atom. The van der Waals surface area contributed by atoms with Crippen LogP contribution in [0.25, 0.3) is 21.9 Å². The first kappa shape index (κ1) is 23.5. The number of H-pyrrole nitrogens is 1. The van der Waals surface area contributed by atoms with Crippen LogP contribution in [0.4, 0.5) is 5.69 Å². The Morgan fingerprint density at radius 2 is 1.91 bits per heavy atom. The fraction of sp³-hybridized carbons (Fsp3) is 0.333. The number of nitrogens with one attached hydrogen (secondary N) is 1. The SMILES string of the molecule is COC(=O)c1ccc2c(CCCCN3CCN(c4cc5ccc(=O)oc5cc4Cl)CC3)c[nH]c2c1. The minimum atomic E-state index is -0.368. The van der Waals surface area contributed by atoms with Crippen molar-refractivity contribution in [1.29, 1.82) is 0 Å². The standard InChI is InChI=1S/C27H28ClN3O4/c1-34-27(33)19-5-7-21-20(17-29-23(21)14-19)4-2-3-9-30-10-12-31(13-11-30)24-15-18-6-8-26(32)35-25(18)16-22(24)28/h5-8,14-17,29H,2-4,9-13H2,1H3. The Hall–Kier alpha value is -3.29. The highest BCUT2D eigenvalue weighted by atomic mass is 35.5. The van der Waals surface area contributed by atoms with Crippen LogP contribution in [0.3, 0.4) is 0 Å². The Kier molecular flexibility index (Phi) is 6.79. The molecule has 5 rings (SSSR count). The molecule has 35 heavy (non-hydrogen) atoms. The van der Waals surface area contributed by atoms with E-state index < -0.39 is 0 Å². The third-order valence-electron chi connectivity index (χ3n) is 6.76. The van der Waals surface area contributed by atoms with Crippen LogP contribution in [0, 0.1) is 0 Å². The molecule has 1 fully saturated rings. The van der Waals surface area contributed by atoms with Crippen LogP contribution in [0.2, 0.25) is 5.02 Å². The van der Waals surface area contributed by atoms with E-state index in [0.29, 0.717) is 16.2 Å². The fourth-order valence-corrected chi connectivity index (χ4v) is 5.10. The topological polar surface area (TPSA) is 78.8 Å². The van der Waals surface area contributed by atoms with Crippen molar-refractivity contribution in [3.63, 3.8) is 0 Å². The molecule has 2 aromatic carbocycles. The molecule has 1 N–H and O–H groups in total. The fourth-order valence-electron chi connectivity index (χ4n) is 4.82. The first-order valence-corrected chi connectivity index (χ1v) is 12.3. The van der Waals surface area contributed by atoms with Crippen LogP contribution in [-0.2, 0) is 11.2 Å². The number of carbonyl (C=O) groups is 1. The van der Waals surface area contributed by atoms with Gasteiger partial charge in [-0.05, 0) is 55.6 Å². The van der Waals surface area contributed by atoms with E-state index in [9.17, 15) is 9.59 Å². The minimum absolute atomic E-state index is 0.320. The lowest BCUT2D eigenvalue weighted by Gasteiger charge is -2.36. The number of aryl methyl sites for hydroxylation is 1. The van der Waals surface area contributed by atoms with Crippen LogP contribution >= 0.6 is 11.6 Å². The first-order chi connectivity index (χ1) is 17.0. The molecule has 1 aliphatic heterocycles. The molecule has 8 heteroatoms. The van der Waals surface area contributed by atoms with E-state index in [2.05, 4.69) is 14.8 Å². The summed E-state index contributed by atoms with van der Waals surface area (Å²) in [5.41, 5.74) is 3.94. The predicted octanol–water partition coefficient (Wildman–Crippen LogP) is 4.86. The number of hydrogen-bond donors (Lipinski definition) is 1. The second-order valence-corrected chi connectivity index (χ2v) is 9.35. The highest BCUT2D eigenvalue weighted by Gasteiger charge is 2.19. The van der Waals surface area contributed by atoms with E-state index in [0.717, 1.165) is 74.0 Å². The number of methoxy groups -OCH3 is 1. The molecule has 0 atom stereocenters. The van der Waals surface area contributed by atoms with Crippen molar-refractivity contribution in [2.24, 2.45) is 0 Å². The highest BCUT2D eigenvalue weighted by molar-refractivity contribution is 6.34. The summed E-state index contributed by atoms with van der Waals surface area (Å²) in [6, 6.07) is 12.6. The molecular weight excluding hydrogens is 466 g/mol. The lowest BCUT2D eigenvalue weighted by atomic mass is 10.1. The number of fused-ring (bicyclic) bond motifs is 2. The summed E-state index contributed by atoms with van der Waals surface area (Å²) in [5, 5.41) is 2.65. The summed E-state index contributed by atoms with van der Waals surface area (Å²) >= 11 is 6.51. The third kappa shape index (κ3) is 5.06. The number of anilines is 1. The quantitative estimate of drug-likeness (QED) is 0.225. The van der Waals surface area contributed by atoms with Crippen LogP contribution in [0.15, 0.2) is 57.9 Å². The van der Waals surface area contributed by atoms with Crippen molar-refractivity contribution in [3.05, 3.63) is 75.2 Å². The molecule has 2 aromatic heterocycles. The smallest absolute Gasteiger partial charge is 0.337 e. The van der Waals surface area contributed by atoms with E-state index in [1.807, 2.05) is 30.5 Å². The Labute approximate surface area is 208 Å². The molecule has 1 saturated heterocycles. The van der Waals surface area contributed by atoms with Gasteiger partial charge in [-0.25, -0.2) is 9.59 Å². The molecular formula is C27H28ClN3O4. The predicted molar refractivity (Wildman–Crippen MR) is 139 cm³/mol. The molecule has 0 saturated carbocycles. The molecule has 3 heterocycles. The number of halogens is 1. The van der Waals surface area contributed by atoms with E-state index in [-0.39, 0.29) is 11.6 Å². The van der Waals surface area contributed by atoms with Crippen molar-refractivity contribution < 1.29 is 13.9 Å². The largest absolute Gasteiger partial charge is 0.465 e. The normalized spacial score (nSPS) is 14.6. The maximum absolute atomic E-state index is 11.7. The van der Waals surface area contributed by atoms with Gasteiger partial charge in [-0.15, -0.1) is 0 Å². The monoisotopic (exact) mass is 493 g/mol. The van der Waals surface area contributed by atoms with Gasteiger partial charge in [0.2, 0.25) is 0 Å². The van der Waals surface area contributed by atoms with Gasteiger partial charge < -0.3 is 19.0 Å². The van der Waals surface area contributed by atoms with Crippen LogP contribution in [0.5, 0.6) is 0 Å². The van der Waals surface area contributed by atoms with Crippen LogP contribution < -0.4 is 10.5 Å². The number of esters is 1. The number of nitrogens with zero attached hydrogens (tertiary/aromatic N) is 2. The molecule has 0 amide bonds. The number of aromatic amines is 1. The molecule has 0 aliphatic carbocycles. The average molecular weight is 494 g/mol. The van der Waals surface area contributed by atoms with Gasteiger partial charge in [0.05, 0.1) is 23.4 Å². The van der Waals surface area contributed by atoms with E-state index in [1.165, 1.54) is 18.7 Å². The minimum Gasteiger partial charge on any atom is -0.465 e. The maximum Gasteiger partial charge on any atom is 0.337 e. The summed E-state index contributed by atoms with van der Waals surface area (Å²) in [7, 11) is 1.40.